The Bertz CT molecular complexity index is 647. The van der Waals surface area contributed by atoms with Crippen LogP contribution in [0, 0.1) is 0 Å². The second-order valence-corrected chi connectivity index (χ2v) is 4.85. The molecule has 0 aliphatic rings. The summed E-state index contributed by atoms with van der Waals surface area (Å²) in [4.78, 5) is 4.24. The maximum Gasteiger partial charge on any atom is 0.193 e. The van der Waals surface area contributed by atoms with Gasteiger partial charge in [-0.05, 0) is 41.9 Å². The number of hydrogen-bond donors (Lipinski definition) is 1. The Morgan fingerprint density at radius 1 is 1.29 bits per heavy atom. The Morgan fingerprint density at radius 2 is 2.24 bits per heavy atom. The highest BCUT2D eigenvalue weighted by atomic mass is 35.5. The van der Waals surface area contributed by atoms with E-state index in [0.29, 0.717) is 11.8 Å². The van der Waals surface area contributed by atoms with Crippen molar-refractivity contribution in [3.05, 3.63) is 46.8 Å². The molecule has 0 bridgehead atoms. The van der Waals surface area contributed by atoms with Crippen molar-refractivity contribution in [2.75, 3.05) is 5.32 Å². The van der Waals surface area contributed by atoms with Gasteiger partial charge in [-0.3, -0.25) is 0 Å². The van der Waals surface area contributed by atoms with Crippen molar-refractivity contribution in [3.63, 3.8) is 0 Å². The fraction of sp³-hybridized carbons (Fsp3) is 0.0833. The number of benzene rings is 1. The molecule has 0 spiro atoms. The van der Waals surface area contributed by atoms with E-state index >= 15 is 0 Å². The molecule has 1 aromatic carbocycles. The van der Waals surface area contributed by atoms with Gasteiger partial charge in [0, 0.05) is 5.69 Å². The van der Waals surface area contributed by atoms with Crippen LogP contribution in [0.3, 0.4) is 0 Å². The molecule has 0 aliphatic heterocycles. The van der Waals surface area contributed by atoms with Gasteiger partial charge in [-0.2, -0.15) is 0 Å². The summed E-state index contributed by atoms with van der Waals surface area (Å²) < 4.78 is 6.44. The monoisotopic (exact) mass is 264 g/mol. The number of anilines is 1. The minimum absolute atomic E-state index is 0.416. The summed E-state index contributed by atoms with van der Waals surface area (Å²) in [6.45, 7) is 0.622. The SMILES string of the molecule is Clc1ccc(CNc2ccc3ncsc3c2)o1. The molecule has 0 atom stereocenters. The standard InChI is InChI=1S/C12H9ClN2OS/c13-12-4-2-9(16-12)6-14-8-1-3-10-11(5-8)17-7-15-10/h1-5,7,14H,6H2. The number of rotatable bonds is 3. The molecule has 5 heteroatoms. The van der Waals surface area contributed by atoms with Gasteiger partial charge in [0.05, 0.1) is 22.3 Å². The number of nitrogens with zero attached hydrogens (tertiary/aromatic N) is 1. The molecule has 3 aromatic rings. The fourth-order valence-electron chi connectivity index (χ4n) is 1.60. The molecule has 0 aliphatic carbocycles. The molecule has 2 aromatic heterocycles. The zero-order chi connectivity index (χ0) is 11.7. The van der Waals surface area contributed by atoms with E-state index in [0.717, 1.165) is 17.0 Å². The van der Waals surface area contributed by atoms with Crippen LogP contribution in [-0.2, 0) is 6.54 Å². The van der Waals surface area contributed by atoms with E-state index < -0.39 is 0 Å². The summed E-state index contributed by atoms with van der Waals surface area (Å²) in [5, 5.41) is 3.70. The van der Waals surface area contributed by atoms with Gasteiger partial charge >= 0.3 is 0 Å². The van der Waals surface area contributed by atoms with E-state index in [1.54, 1.807) is 17.4 Å². The van der Waals surface area contributed by atoms with Crippen LogP contribution < -0.4 is 5.32 Å². The predicted molar refractivity (Wildman–Crippen MR) is 70.7 cm³/mol. The highest BCUT2D eigenvalue weighted by molar-refractivity contribution is 7.16. The summed E-state index contributed by atoms with van der Waals surface area (Å²) in [7, 11) is 0. The Morgan fingerprint density at radius 3 is 3.06 bits per heavy atom. The predicted octanol–water partition coefficient (Wildman–Crippen LogP) is 4.15. The molecule has 2 heterocycles. The maximum absolute atomic E-state index is 5.70. The molecule has 17 heavy (non-hydrogen) atoms. The van der Waals surface area contributed by atoms with Crippen molar-refractivity contribution < 1.29 is 4.42 Å². The lowest BCUT2D eigenvalue weighted by molar-refractivity contribution is 0.520. The van der Waals surface area contributed by atoms with Crippen LogP contribution in [0.25, 0.3) is 10.2 Å². The van der Waals surface area contributed by atoms with Crippen LogP contribution in [0.4, 0.5) is 5.69 Å². The number of aromatic nitrogens is 1. The zero-order valence-corrected chi connectivity index (χ0v) is 10.4. The lowest BCUT2D eigenvalue weighted by atomic mass is 10.3. The fourth-order valence-corrected chi connectivity index (χ4v) is 2.48. The highest BCUT2D eigenvalue weighted by Gasteiger charge is 2.01. The van der Waals surface area contributed by atoms with Gasteiger partial charge in [0.1, 0.15) is 5.76 Å². The van der Waals surface area contributed by atoms with Crippen LogP contribution in [-0.4, -0.2) is 4.98 Å². The molecule has 1 N–H and O–H groups in total. The normalized spacial score (nSPS) is 10.9. The first-order valence-corrected chi connectivity index (χ1v) is 6.38. The molecule has 0 fully saturated rings. The van der Waals surface area contributed by atoms with Gasteiger partial charge in [-0.1, -0.05) is 0 Å². The molecular formula is C12H9ClN2OS. The van der Waals surface area contributed by atoms with E-state index in [4.69, 9.17) is 16.0 Å². The third-order valence-corrected chi connectivity index (χ3v) is 3.42. The Labute approximate surface area is 107 Å². The number of nitrogens with one attached hydrogen (secondary N) is 1. The van der Waals surface area contributed by atoms with Gasteiger partial charge in [0.2, 0.25) is 0 Å². The molecule has 0 unspecified atom stereocenters. The first-order chi connectivity index (χ1) is 8.31. The number of fused-ring (bicyclic) bond motifs is 1. The summed E-state index contributed by atoms with van der Waals surface area (Å²) in [5.41, 5.74) is 3.93. The molecule has 0 amide bonds. The molecule has 86 valence electrons. The average molecular weight is 265 g/mol. The summed E-state index contributed by atoms with van der Waals surface area (Å²) >= 11 is 7.34. The van der Waals surface area contributed by atoms with Crippen molar-refractivity contribution in [1.82, 2.24) is 4.98 Å². The highest BCUT2D eigenvalue weighted by Crippen LogP contribution is 2.22. The first kappa shape index (κ1) is 10.6. The molecule has 0 saturated heterocycles. The van der Waals surface area contributed by atoms with Crippen LogP contribution in [0.5, 0.6) is 0 Å². The average Bonchev–Trinajstić information content (AvgIpc) is 2.94. The van der Waals surface area contributed by atoms with E-state index in [1.807, 2.05) is 23.7 Å². The zero-order valence-electron chi connectivity index (χ0n) is 8.81. The van der Waals surface area contributed by atoms with E-state index in [2.05, 4.69) is 16.4 Å². The number of halogens is 1. The van der Waals surface area contributed by atoms with Crippen molar-refractivity contribution >= 4 is 38.8 Å². The van der Waals surface area contributed by atoms with E-state index in [9.17, 15) is 0 Å². The molecular weight excluding hydrogens is 256 g/mol. The summed E-state index contributed by atoms with van der Waals surface area (Å²) in [6.07, 6.45) is 0. The van der Waals surface area contributed by atoms with Crippen LogP contribution in [0.1, 0.15) is 5.76 Å². The molecule has 3 rings (SSSR count). The lowest BCUT2D eigenvalue weighted by Gasteiger charge is -2.03. The largest absolute Gasteiger partial charge is 0.448 e. The number of furan rings is 1. The van der Waals surface area contributed by atoms with Crippen LogP contribution >= 0.6 is 22.9 Å². The first-order valence-electron chi connectivity index (χ1n) is 5.12. The number of hydrogen-bond acceptors (Lipinski definition) is 4. The number of thiazole rings is 1. The minimum atomic E-state index is 0.416. The smallest absolute Gasteiger partial charge is 0.193 e. The van der Waals surface area contributed by atoms with Crippen molar-refractivity contribution in [1.29, 1.82) is 0 Å². The van der Waals surface area contributed by atoms with E-state index in [-0.39, 0.29) is 0 Å². The third kappa shape index (κ3) is 2.28. The van der Waals surface area contributed by atoms with Crippen molar-refractivity contribution in [2.24, 2.45) is 0 Å². The molecule has 0 radical (unpaired) electrons. The van der Waals surface area contributed by atoms with Gasteiger partial charge in [0.15, 0.2) is 5.22 Å². The van der Waals surface area contributed by atoms with Crippen molar-refractivity contribution in [3.8, 4) is 0 Å². The van der Waals surface area contributed by atoms with Crippen molar-refractivity contribution in [2.45, 2.75) is 6.54 Å². The van der Waals surface area contributed by atoms with Crippen LogP contribution in [0.2, 0.25) is 5.22 Å². The molecule has 3 nitrogen and oxygen atoms in total. The minimum Gasteiger partial charge on any atom is -0.448 e. The maximum atomic E-state index is 5.70. The van der Waals surface area contributed by atoms with Gasteiger partial charge in [-0.15, -0.1) is 11.3 Å². The lowest BCUT2D eigenvalue weighted by Crippen LogP contribution is -1.97. The quantitative estimate of drug-likeness (QED) is 0.772. The van der Waals surface area contributed by atoms with Gasteiger partial charge in [-0.25, -0.2) is 4.98 Å². The Kier molecular flexibility index (Phi) is 2.74. The van der Waals surface area contributed by atoms with Gasteiger partial charge in [0.25, 0.3) is 0 Å². The molecule has 0 saturated carbocycles. The topological polar surface area (TPSA) is 38.1 Å². The Balaban J connectivity index is 1.76. The Hall–Kier alpha value is -1.52. The van der Waals surface area contributed by atoms with Crippen LogP contribution in [0.15, 0.2) is 40.3 Å². The summed E-state index contributed by atoms with van der Waals surface area (Å²) in [5.74, 6) is 0.819. The second-order valence-electron chi connectivity index (χ2n) is 3.59. The second kappa shape index (κ2) is 4.39. The summed E-state index contributed by atoms with van der Waals surface area (Å²) in [6, 6.07) is 9.69. The third-order valence-electron chi connectivity index (χ3n) is 2.43. The van der Waals surface area contributed by atoms with Gasteiger partial charge < -0.3 is 9.73 Å². The van der Waals surface area contributed by atoms with E-state index in [1.165, 1.54) is 4.70 Å².